The zero-order chi connectivity index (χ0) is 11.3. The van der Waals surface area contributed by atoms with Crippen molar-refractivity contribution in [2.45, 2.75) is 70.6 Å². The maximum Gasteiger partial charge on any atom is 0.0647 e. The summed E-state index contributed by atoms with van der Waals surface area (Å²) >= 11 is 0. The van der Waals surface area contributed by atoms with Crippen LogP contribution in [0.4, 0.5) is 0 Å². The van der Waals surface area contributed by atoms with Gasteiger partial charge in [0, 0.05) is 6.61 Å². The Labute approximate surface area is 101 Å². The van der Waals surface area contributed by atoms with Gasteiger partial charge in [-0.15, -0.1) is 0 Å². The summed E-state index contributed by atoms with van der Waals surface area (Å²) in [6.45, 7) is 1.77. The van der Waals surface area contributed by atoms with E-state index in [0.717, 1.165) is 13.2 Å². The van der Waals surface area contributed by atoms with E-state index in [1.165, 1.54) is 70.6 Å². The molecule has 0 aromatic rings. The smallest absolute Gasteiger partial charge is 0.0647 e. The molecule has 0 fully saturated rings. The van der Waals surface area contributed by atoms with Gasteiger partial charge in [-0.25, -0.2) is 0 Å². The summed E-state index contributed by atoms with van der Waals surface area (Å²) in [4.78, 5) is 0. The highest BCUT2D eigenvalue weighted by molar-refractivity contribution is 4.81. The van der Waals surface area contributed by atoms with E-state index in [4.69, 9.17) is 4.74 Å². The first kappa shape index (κ1) is 13.8. The number of hydrogen-bond acceptors (Lipinski definition) is 1. The van der Waals surface area contributed by atoms with Gasteiger partial charge in [-0.05, 0) is 19.3 Å². The molecule has 0 amide bonds. The Balaban J connectivity index is 2.07. The number of hydrogen-bond donors (Lipinski definition) is 0. The minimum Gasteiger partial charge on any atom is -0.377 e. The molecule has 1 rings (SSSR count). The average molecular weight is 224 g/mol. The first-order chi connectivity index (χ1) is 8.00. The van der Waals surface area contributed by atoms with E-state index in [0.29, 0.717) is 0 Å². The molecule has 0 atom stereocenters. The summed E-state index contributed by atoms with van der Waals surface area (Å²) in [5, 5.41) is 0. The lowest BCUT2D eigenvalue weighted by atomic mass is 10.1. The Kier molecular flexibility index (Phi) is 9.63. The molecule has 0 N–H and O–H groups in total. The van der Waals surface area contributed by atoms with Crippen molar-refractivity contribution in [2.24, 2.45) is 0 Å². The molecule has 0 saturated heterocycles. The number of ether oxygens (including phenoxy) is 1. The van der Waals surface area contributed by atoms with Gasteiger partial charge >= 0.3 is 0 Å². The molecule has 0 radical (unpaired) electrons. The fraction of sp³-hybridized carbons (Fsp3) is 0.867. The lowest BCUT2D eigenvalue weighted by molar-refractivity contribution is 0.157. The molecule has 1 aliphatic rings. The lowest BCUT2D eigenvalue weighted by Gasteiger charge is -2.04. The third-order valence-electron chi connectivity index (χ3n) is 3.29. The first-order valence-corrected chi connectivity index (χ1v) is 7.23. The van der Waals surface area contributed by atoms with Gasteiger partial charge in [0.05, 0.1) is 6.61 Å². The van der Waals surface area contributed by atoms with Gasteiger partial charge in [0.15, 0.2) is 0 Å². The molecule has 0 bridgehead atoms. The second-order valence-electron chi connectivity index (χ2n) is 4.87. The SMILES string of the molecule is C1=CCOCCCCCCCCCCCC1. The average Bonchev–Trinajstić information content (AvgIpc) is 2.29. The molecular weight excluding hydrogens is 196 g/mol. The zero-order valence-electron chi connectivity index (χ0n) is 10.8. The van der Waals surface area contributed by atoms with Gasteiger partial charge < -0.3 is 4.74 Å². The minimum atomic E-state index is 0.819. The lowest BCUT2D eigenvalue weighted by Crippen LogP contribution is -1.94. The van der Waals surface area contributed by atoms with Crippen LogP contribution in [0.3, 0.4) is 0 Å². The van der Waals surface area contributed by atoms with Gasteiger partial charge in [0.2, 0.25) is 0 Å². The van der Waals surface area contributed by atoms with Crippen LogP contribution in [0.2, 0.25) is 0 Å². The Morgan fingerprint density at radius 3 is 1.81 bits per heavy atom. The Morgan fingerprint density at radius 2 is 1.12 bits per heavy atom. The molecule has 1 aliphatic heterocycles. The molecule has 0 spiro atoms. The predicted octanol–water partition coefficient (Wildman–Crippen LogP) is 4.86. The standard InChI is InChI=1S/C15H28O/c1-2-4-6-8-10-12-14-16-15-13-11-9-7-5-3-1/h10,12H,1-9,11,13-15H2. The molecule has 0 unspecified atom stereocenters. The van der Waals surface area contributed by atoms with E-state index in [2.05, 4.69) is 12.2 Å². The van der Waals surface area contributed by atoms with E-state index >= 15 is 0 Å². The van der Waals surface area contributed by atoms with Gasteiger partial charge in [0.1, 0.15) is 0 Å². The molecule has 1 heterocycles. The third-order valence-corrected chi connectivity index (χ3v) is 3.29. The van der Waals surface area contributed by atoms with Gasteiger partial charge in [-0.2, -0.15) is 0 Å². The second-order valence-corrected chi connectivity index (χ2v) is 4.87. The molecule has 16 heavy (non-hydrogen) atoms. The Hall–Kier alpha value is -0.300. The highest BCUT2D eigenvalue weighted by Crippen LogP contribution is 2.11. The summed E-state index contributed by atoms with van der Waals surface area (Å²) in [6.07, 6.45) is 19.7. The quantitative estimate of drug-likeness (QED) is 0.534. The molecule has 1 heteroatoms. The largest absolute Gasteiger partial charge is 0.377 e. The van der Waals surface area contributed by atoms with Crippen molar-refractivity contribution >= 4 is 0 Å². The monoisotopic (exact) mass is 224 g/mol. The maximum atomic E-state index is 5.55. The number of rotatable bonds is 0. The van der Waals surface area contributed by atoms with Crippen LogP contribution in [-0.4, -0.2) is 13.2 Å². The van der Waals surface area contributed by atoms with Crippen molar-refractivity contribution in [3.05, 3.63) is 12.2 Å². The Morgan fingerprint density at radius 1 is 0.562 bits per heavy atom. The molecule has 0 saturated carbocycles. The van der Waals surface area contributed by atoms with Crippen LogP contribution in [0.25, 0.3) is 0 Å². The van der Waals surface area contributed by atoms with E-state index in [9.17, 15) is 0 Å². The topological polar surface area (TPSA) is 9.23 Å². The molecule has 94 valence electrons. The summed E-state index contributed by atoms with van der Waals surface area (Å²) < 4.78 is 5.55. The van der Waals surface area contributed by atoms with Gasteiger partial charge in [0.25, 0.3) is 0 Å². The van der Waals surface area contributed by atoms with Crippen LogP contribution in [-0.2, 0) is 4.74 Å². The zero-order valence-corrected chi connectivity index (χ0v) is 10.8. The van der Waals surface area contributed by atoms with Crippen LogP contribution in [0.1, 0.15) is 70.6 Å². The van der Waals surface area contributed by atoms with E-state index in [1.54, 1.807) is 0 Å². The van der Waals surface area contributed by atoms with Gasteiger partial charge in [-0.3, -0.25) is 0 Å². The second kappa shape index (κ2) is 11.2. The van der Waals surface area contributed by atoms with E-state index in [-0.39, 0.29) is 0 Å². The van der Waals surface area contributed by atoms with Gasteiger partial charge in [-0.1, -0.05) is 63.5 Å². The van der Waals surface area contributed by atoms with Crippen molar-refractivity contribution < 1.29 is 4.74 Å². The fourth-order valence-electron chi connectivity index (χ4n) is 2.22. The number of allylic oxidation sites excluding steroid dienone is 1. The Bertz CT molecular complexity index is 145. The summed E-state index contributed by atoms with van der Waals surface area (Å²) in [5.41, 5.74) is 0. The summed E-state index contributed by atoms with van der Waals surface area (Å²) in [7, 11) is 0. The van der Waals surface area contributed by atoms with Crippen molar-refractivity contribution in [1.82, 2.24) is 0 Å². The highest BCUT2D eigenvalue weighted by atomic mass is 16.5. The van der Waals surface area contributed by atoms with Crippen molar-refractivity contribution in [2.75, 3.05) is 13.2 Å². The first-order valence-electron chi connectivity index (χ1n) is 7.23. The van der Waals surface area contributed by atoms with Crippen LogP contribution in [0.15, 0.2) is 12.2 Å². The molecule has 0 aromatic carbocycles. The highest BCUT2D eigenvalue weighted by Gasteiger charge is 1.94. The fourth-order valence-corrected chi connectivity index (χ4v) is 2.22. The molecule has 1 nitrogen and oxygen atoms in total. The third kappa shape index (κ3) is 8.96. The molecule has 0 aliphatic carbocycles. The van der Waals surface area contributed by atoms with E-state index < -0.39 is 0 Å². The normalized spacial score (nSPS) is 23.0. The van der Waals surface area contributed by atoms with Crippen molar-refractivity contribution in [3.63, 3.8) is 0 Å². The van der Waals surface area contributed by atoms with Crippen molar-refractivity contribution in [3.8, 4) is 0 Å². The molecule has 0 aromatic heterocycles. The van der Waals surface area contributed by atoms with Crippen molar-refractivity contribution in [1.29, 1.82) is 0 Å². The summed E-state index contributed by atoms with van der Waals surface area (Å²) in [6, 6.07) is 0. The summed E-state index contributed by atoms with van der Waals surface area (Å²) in [5.74, 6) is 0. The molecular formula is C15H28O. The minimum absolute atomic E-state index is 0.819. The van der Waals surface area contributed by atoms with Crippen LogP contribution >= 0.6 is 0 Å². The van der Waals surface area contributed by atoms with Crippen LogP contribution in [0, 0.1) is 0 Å². The van der Waals surface area contributed by atoms with Crippen LogP contribution in [0.5, 0.6) is 0 Å². The maximum absolute atomic E-state index is 5.55. The predicted molar refractivity (Wildman–Crippen MR) is 70.7 cm³/mol. The van der Waals surface area contributed by atoms with E-state index in [1.807, 2.05) is 0 Å². The van der Waals surface area contributed by atoms with Crippen LogP contribution < -0.4 is 0 Å².